The zero-order valence-electron chi connectivity index (χ0n) is 19.8. The molecule has 2 aliphatic rings. The van der Waals surface area contributed by atoms with Gasteiger partial charge in [0.2, 0.25) is 0 Å². The molecule has 0 heterocycles. The molecule has 4 rings (SSSR count). The predicted molar refractivity (Wildman–Crippen MR) is 130 cm³/mol. The van der Waals surface area contributed by atoms with Crippen molar-refractivity contribution < 1.29 is 20.4 Å². The predicted octanol–water partition coefficient (Wildman–Crippen LogP) is 7.92. The summed E-state index contributed by atoms with van der Waals surface area (Å²) in [5.41, 5.74) is 13.2. The Kier molecular flexibility index (Phi) is 6.12. The molecule has 2 unspecified atom stereocenters. The molecule has 0 nitrogen and oxygen atoms in total. The van der Waals surface area contributed by atoms with E-state index >= 15 is 0 Å². The van der Waals surface area contributed by atoms with Crippen LogP contribution in [0.15, 0.2) is 68.5 Å². The van der Waals surface area contributed by atoms with Crippen LogP contribution in [-0.2, 0) is 20.4 Å². The van der Waals surface area contributed by atoms with Gasteiger partial charge in [0, 0.05) is 0 Å². The van der Waals surface area contributed by atoms with Crippen molar-refractivity contribution in [1.29, 1.82) is 0 Å². The summed E-state index contributed by atoms with van der Waals surface area (Å²) in [5.74, 6) is 0.658. The van der Waals surface area contributed by atoms with E-state index in [1.165, 1.54) is 27.8 Å². The Hall–Kier alpha value is -1.24. The van der Waals surface area contributed by atoms with E-state index in [0.29, 0.717) is 9.54 Å². The van der Waals surface area contributed by atoms with E-state index < -0.39 is 20.4 Å². The Morgan fingerprint density at radius 3 is 2.03 bits per heavy atom. The fourth-order valence-electron chi connectivity index (χ4n) is 5.53. The van der Waals surface area contributed by atoms with Gasteiger partial charge in [0.1, 0.15) is 0 Å². The molecule has 0 saturated carbocycles. The number of hydrogen-bond donors (Lipinski definition) is 0. The van der Waals surface area contributed by atoms with Crippen molar-refractivity contribution in [3.05, 3.63) is 96.4 Å². The van der Waals surface area contributed by atoms with Crippen LogP contribution in [0.2, 0.25) is 13.1 Å². The second-order valence-corrected chi connectivity index (χ2v) is 27.0. The molecule has 2 heteroatoms. The van der Waals surface area contributed by atoms with Crippen LogP contribution < -0.4 is 0 Å². The molecule has 0 radical (unpaired) electrons. The Labute approximate surface area is 191 Å². The van der Waals surface area contributed by atoms with Crippen LogP contribution in [0.3, 0.4) is 0 Å². The molecule has 2 atom stereocenters. The Morgan fingerprint density at radius 2 is 1.47 bits per heavy atom. The number of allylic oxidation sites excluding steroid dienone is 5. The van der Waals surface area contributed by atoms with Crippen molar-refractivity contribution >= 4 is 11.0 Å². The van der Waals surface area contributed by atoms with Crippen LogP contribution in [0.25, 0.3) is 5.57 Å². The van der Waals surface area contributed by atoms with E-state index in [4.69, 9.17) is 0 Å². The molecular weight excluding hydrogens is 456 g/mol. The summed E-state index contributed by atoms with van der Waals surface area (Å²) in [5, 5.41) is 0. The second kappa shape index (κ2) is 8.36. The minimum absolute atomic E-state index is 0.345. The molecule has 0 spiro atoms. The summed E-state index contributed by atoms with van der Waals surface area (Å²) < 4.78 is 2.58. The number of hydrogen-bond acceptors (Lipinski definition) is 0. The van der Waals surface area contributed by atoms with Gasteiger partial charge in [-0.3, -0.25) is 0 Å². The molecule has 2 aliphatic carbocycles. The average Bonchev–Trinajstić information content (AvgIpc) is 3.15. The maximum atomic E-state index is 2.70. The topological polar surface area (TPSA) is 0 Å². The number of rotatable bonds is 3. The fraction of sp³-hybridized carbons (Fsp3) is 0.357. The summed E-state index contributed by atoms with van der Waals surface area (Å²) in [7, 11) is 0. The molecule has 0 aromatic heterocycles. The fourth-order valence-corrected chi connectivity index (χ4v) is 25.2. The second-order valence-electron chi connectivity index (χ2n) is 9.50. The van der Waals surface area contributed by atoms with Crippen LogP contribution in [0.5, 0.6) is 0 Å². The summed E-state index contributed by atoms with van der Waals surface area (Å²) in [6, 6.07) is 16.3. The van der Waals surface area contributed by atoms with Gasteiger partial charge in [0.05, 0.1) is 0 Å². The average molecular weight is 490 g/mol. The molecule has 0 N–H and O–H groups in total. The molecule has 154 valence electrons. The third kappa shape index (κ3) is 3.65. The third-order valence-electron chi connectivity index (χ3n) is 7.23. The van der Waals surface area contributed by atoms with Crippen molar-refractivity contribution in [2.45, 2.75) is 58.3 Å². The van der Waals surface area contributed by atoms with Crippen molar-refractivity contribution in [2.24, 2.45) is 5.92 Å². The molecule has 0 aliphatic heterocycles. The molecular formula is C28H34SiZr. The first kappa shape index (κ1) is 22.0. The molecule has 2 aromatic carbocycles. The summed E-state index contributed by atoms with van der Waals surface area (Å²) >= 11 is -1.91. The zero-order chi connectivity index (χ0) is 21.7. The maximum absolute atomic E-state index is 2.70. The van der Waals surface area contributed by atoms with Crippen LogP contribution in [-0.4, -0.2) is 5.43 Å². The SMILES string of the molecule is CC1=C(C)C(C)[C]([Zr]([CH]2C=C(c3cc(C)cc(C)c3)c3ccccc32)=[Si](C)C)=C1C. The summed E-state index contributed by atoms with van der Waals surface area (Å²) in [6.45, 7) is 19.3. The zero-order valence-corrected chi connectivity index (χ0v) is 23.2. The quantitative estimate of drug-likeness (QED) is 0.384. The Bertz CT molecular complexity index is 1150. The van der Waals surface area contributed by atoms with E-state index in [2.05, 4.69) is 103 Å². The molecule has 0 bridgehead atoms. The van der Waals surface area contributed by atoms with E-state index in [0.717, 1.165) is 0 Å². The first-order valence-electron chi connectivity index (χ1n) is 11.2. The van der Waals surface area contributed by atoms with Crippen molar-refractivity contribution in [3.8, 4) is 0 Å². The van der Waals surface area contributed by atoms with E-state index in [1.54, 1.807) is 22.3 Å². The van der Waals surface area contributed by atoms with Gasteiger partial charge < -0.3 is 0 Å². The van der Waals surface area contributed by atoms with Crippen LogP contribution in [0, 0.1) is 19.8 Å². The molecule has 2 aromatic rings. The Balaban J connectivity index is 1.92. The molecule has 30 heavy (non-hydrogen) atoms. The van der Waals surface area contributed by atoms with Crippen LogP contribution >= 0.6 is 0 Å². The van der Waals surface area contributed by atoms with Gasteiger partial charge in [-0.25, -0.2) is 0 Å². The number of fused-ring (bicyclic) bond motifs is 1. The summed E-state index contributed by atoms with van der Waals surface area (Å²) in [4.78, 5) is 0. The van der Waals surface area contributed by atoms with Crippen LogP contribution in [0.1, 0.15) is 59.1 Å². The third-order valence-corrected chi connectivity index (χ3v) is 25.8. The van der Waals surface area contributed by atoms with Gasteiger partial charge in [-0.1, -0.05) is 0 Å². The van der Waals surface area contributed by atoms with Crippen LogP contribution in [0.4, 0.5) is 0 Å². The van der Waals surface area contributed by atoms with E-state index in [1.807, 2.05) is 3.28 Å². The van der Waals surface area contributed by atoms with Gasteiger partial charge >= 0.3 is 192 Å². The Morgan fingerprint density at radius 1 is 0.833 bits per heavy atom. The van der Waals surface area contributed by atoms with Crippen molar-refractivity contribution in [2.75, 3.05) is 0 Å². The number of benzene rings is 2. The van der Waals surface area contributed by atoms with Crippen molar-refractivity contribution in [1.82, 2.24) is 0 Å². The van der Waals surface area contributed by atoms with E-state index in [-0.39, 0.29) is 5.43 Å². The van der Waals surface area contributed by atoms with E-state index in [9.17, 15) is 0 Å². The van der Waals surface area contributed by atoms with Gasteiger partial charge in [-0.15, -0.1) is 0 Å². The normalized spacial score (nSPS) is 20.6. The van der Waals surface area contributed by atoms with Gasteiger partial charge in [0.25, 0.3) is 0 Å². The van der Waals surface area contributed by atoms with Crippen molar-refractivity contribution in [3.63, 3.8) is 0 Å². The number of aryl methyl sites for hydroxylation is 2. The molecule has 0 amide bonds. The van der Waals surface area contributed by atoms with Gasteiger partial charge in [0.15, 0.2) is 0 Å². The van der Waals surface area contributed by atoms with Gasteiger partial charge in [-0.05, 0) is 0 Å². The standard InChI is InChI=1S/C17H15.C9H13.C2H6Si.Zr/c1-12-9-13(2)11-15(10-12)17-8-7-14-5-3-4-6-16(14)17;1-6-5-7(2)9(4)8(6)3;1-3-2;/h3-11H,1-2H3;6H,1-4H3;1-2H3;. The molecule has 0 fully saturated rings. The van der Waals surface area contributed by atoms with Gasteiger partial charge in [-0.2, -0.15) is 0 Å². The minimum atomic E-state index is -1.91. The monoisotopic (exact) mass is 488 g/mol. The summed E-state index contributed by atoms with van der Waals surface area (Å²) in [6.07, 6.45) is 2.70. The molecule has 0 saturated heterocycles. The first-order chi connectivity index (χ1) is 14.2. The first-order valence-corrected chi connectivity index (χ1v) is 20.0.